The molecule has 0 bridgehead atoms. The van der Waals surface area contributed by atoms with E-state index < -0.39 is 5.92 Å². The molecule has 3 aromatic rings. The van der Waals surface area contributed by atoms with Crippen LogP contribution >= 0.6 is 11.6 Å². The number of nitrogens with one attached hydrogen (secondary N) is 1. The Morgan fingerprint density at radius 1 is 1.12 bits per heavy atom. The van der Waals surface area contributed by atoms with Gasteiger partial charge >= 0.3 is 0 Å². The summed E-state index contributed by atoms with van der Waals surface area (Å²) in [6, 6.07) is 20.8. The molecule has 0 aliphatic carbocycles. The molecule has 0 radical (unpaired) electrons. The zero-order valence-electron chi connectivity index (χ0n) is 19.1. The molecule has 3 aromatic carbocycles. The molecule has 1 fully saturated rings. The van der Waals surface area contributed by atoms with Gasteiger partial charge in [-0.25, -0.2) is 5.43 Å². The average molecular weight is 476 g/mol. The summed E-state index contributed by atoms with van der Waals surface area (Å²) in [6.07, 6.45) is 1.74. The Hall–Kier alpha value is -3.64. The molecule has 34 heavy (non-hydrogen) atoms. The third kappa shape index (κ3) is 5.64. The van der Waals surface area contributed by atoms with Crippen molar-refractivity contribution in [3.05, 3.63) is 94.0 Å². The van der Waals surface area contributed by atoms with E-state index in [1.165, 1.54) is 5.56 Å². The summed E-state index contributed by atoms with van der Waals surface area (Å²) in [5.41, 5.74) is 7.39. The molecule has 1 aliphatic rings. The number of benzene rings is 3. The molecule has 174 valence electrons. The smallest absolute Gasteiger partial charge is 0.245 e. The second-order valence-electron chi connectivity index (χ2n) is 8.36. The minimum Gasteiger partial charge on any atom is -0.489 e. The molecule has 0 unspecified atom stereocenters. The van der Waals surface area contributed by atoms with Gasteiger partial charge in [0.2, 0.25) is 11.8 Å². The van der Waals surface area contributed by atoms with Crippen LogP contribution in [0.3, 0.4) is 0 Å². The summed E-state index contributed by atoms with van der Waals surface area (Å²) in [5.74, 6) is -0.0563. The second-order valence-corrected chi connectivity index (χ2v) is 8.76. The molecule has 0 spiro atoms. The molecule has 4 rings (SSSR count). The van der Waals surface area contributed by atoms with Gasteiger partial charge in [0.1, 0.15) is 12.4 Å². The van der Waals surface area contributed by atoms with Crippen LogP contribution in [0.15, 0.2) is 71.8 Å². The predicted molar refractivity (Wildman–Crippen MR) is 134 cm³/mol. The molecular weight excluding hydrogens is 450 g/mol. The lowest BCUT2D eigenvalue weighted by molar-refractivity contribution is -0.126. The lowest BCUT2D eigenvalue weighted by Crippen LogP contribution is -2.30. The highest BCUT2D eigenvalue weighted by atomic mass is 35.5. The van der Waals surface area contributed by atoms with Crippen molar-refractivity contribution in [1.82, 2.24) is 5.43 Å². The lowest BCUT2D eigenvalue weighted by Gasteiger charge is -2.17. The van der Waals surface area contributed by atoms with Crippen molar-refractivity contribution < 1.29 is 14.3 Å². The number of ether oxygens (including phenoxy) is 1. The fourth-order valence-electron chi connectivity index (χ4n) is 3.71. The zero-order chi connectivity index (χ0) is 24.1. The van der Waals surface area contributed by atoms with Crippen LogP contribution in [0.5, 0.6) is 5.75 Å². The second kappa shape index (κ2) is 10.5. The van der Waals surface area contributed by atoms with E-state index >= 15 is 0 Å². The van der Waals surface area contributed by atoms with E-state index in [4.69, 9.17) is 16.3 Å². The van der Waals surface area contributed by atoms with E-state index in [0.717, 1.165) is 22.4 Å². The highest BCUT2D eigenvalue weighted by molar-refractivity contribution is 6.31. The first kappa shape index (κ1) is 23.5. The molecule has 7 heteroatoms. The number of carbonyl (C=O) groups excluding carboxylic acids is 2. The number of aryl methyl sites for hydroxylation is 2. The average Bonchev–Trinajstić information content (AvgIpc) is 3.23. The van der Waals surface area contributed by atoms with Crippen LogP contribution < -0.4 is 15.1 Å². The highest BCUT2D eigenvalue weighted by Crippen LogP contribution is 2.27. The monoisotopic (exact) mass is 475 g/mol. The fourth-order valence-corrected chi connectivity index (χ4v) is 3.90. The van der Waals surface area contributed by atoms with E-state index in [9.17, 15) is 9.59 Å². The van der Waals surface area contributed by atoms with Gasteiger partial charge in [-0.05, 0) is 73.0 Å². The van der Waals surface area contributed by atoms with E-state index in [1.807, 2.05) is 80.6 Å². The minimum absolute atomic E-state index is 0.0558. The van der Waals surface area contributed by atoms with Crippen molar-refractivity contribution in [1.29, 1.82) is 0 Å². The molecule has 1 heterocycles. The molecule has 0 aromatic heterocycles. The van der Waals surface area contributed by atoms with Crippen LogP contribution in [-0.2, 0) is 16.2 Å². The number of nitrogens with zero attached hydrogens (tertiary/aromatic N) is 2. The Morgan fingerprint density at radius 2 is 1.88 bits per heavy atom. The van der Waals surface area contributed by atoms with Gasteiger partial charge in [-0.1, -0.05) is 35.9 Å². The van der Waals surface area contributed by atoms with Gasteiger partial charge in [-0.3, -0.25) is 9.59 Å². The lowest BCUT2D eigenvalue weighted by atomic mass is 10.1. The van der Waals surface area contributed by atoms with Crippen LogP contribution in [0, 0.1) is 19.8 Å². The third-order valence-electron chi connectivity index (χ3n) is 5.92. The summed E-state index contributed by atoms with van der Waals surface area (Å²) in [5, 5.41) is 4.73. The van der Waals surface area contributed by atoms with E-state index in [1.54, 1.807) is 11.1 Å². The van der Waals surface area contributed by atoms with E-state index in [-0.39, 0.29) is 18.2 Å². The van der Waals surface area contributed by atoms with Gasteiger partial charge < -0.3 is 9.64 Å². The van der Waals surface area contributed by atoms with Crippen LogP contribution in [0.25, 0.3) is 0 Å². The first-order chi connectivity index (χ1) is 16.4. The molecule has 0 saturated carbocycles. The van der Waals surface area contributed by atoms with E-state index in [0.29, 0.717) is 23.9 Å². The van der Waals surface area contributed by atoms with Crippen molar-refractivity contribution in [2.45, 2.75) is 26.9 Å². The fraction of sp³-hybridized carbons (Fsp3) is 0.222. The number of carbonyl (C=O) groups is 2. The molecule has 2 amide bonds. The third-order valence-corrected chi connectivity index (χ3v) is 6.29. The zero-order valence-corrected chi connectivity index (χ0v) is 19.9. The summed E-state index contributed by atoms with van der Waals surface area (Å²) in [7, 11) is 0. The largest absolute Gasteiger partial charge is 0.489 e. The Balaban J connectivity index is 1.28. The van der Waals surface area contributed by atoms with Crippen LogP contribution in [0.2, 0.25) is 5.02 Å². The standard InChI is InChI=1S/C27H26ClN3O3/c1-18-7-10-23(13-19(18)2)31-16-22(14-26(31)32)27(33)30-29-15-20-8-11-24(12-9-20)34-17-21-5-3-4-6-25(21)28/h3-13,15,22H,14,16-17H2,1-2H3,(H,30,33)/b29-15-/t22-/m1/s1. The normalized spacial score (nSPS) is 15.7. The van der Waals surface area contributed by atoms with Crippen LogP contribution in [-0.4, -0.2) is 24.6 Å². The molecule has 1 N–H and O–H groups in total. The number of hydrogen-bond donors (Lipinski definition) is 1. The number of hydrazone groups is 1. The summed E-state index contributed by atoms with van der Waals surface area (Å²) < 4.78 is 5.77. The maximum Gasteiger partial charge on any atom is 0.245 e. The summed E-state index contributed by atoms with van der Waals surface area (Å²) in [4.78, 5) is 26.7. The Labute approximate surface area is 204 Å². The topological polar surface area (TPSA) is 71.0 Å². The molecule has 1 atom stereocenters. The first-order valence-electron chi connectivity index (χ1n) is 11.1. The van der Waals surface area contributed by atoms with E-state index in [2.05, 4.69) is 10.5 Å². The van der Waals surface area contributed by atoms with Crippen molar-refractivity contribution >= 4 is 35.3 Å². The van der Waals surface area contributed by atoms with Crippen LogP contribution in [0.1, 0.15) is 28.7 Å². The minimum atomic E-state index is -0.438. The summed E-state index contributed by atoms with van der Waals surface area (Å²) >= 11 is 6.15. The van der Waals surface area contributed by atoms with Gasteiger partial charge in [0, 0.05) is 29.2 Å². The van der Waals surface area contributed by atoms with Crippen molar-refractivity contribution in [3.63, 3.8) is 0 Å². The SMILES string of the molecule is Cc1ccc(N2C[C@H](C(=O)N/N=C\c3ccc(OCc4ccccc4Cl)cc3)CC2=O)cc1C. The van der Waals surface area contributed by atoms with Crippen LogP contribution in [0.4, 0.5) is 5.69 Å². The van der Waals surface area contributed by atoms with Crippen molar-refractivity contribution in [2.75, 3.05) is 11.4 Å². The van der Waals surface area contributed by atoms with Crippen molar-refractivity contribution in [2.24, 2.45) is 11.0 Å². The maximum atomic E-state index is 12.5. The van der Waals surface area contributed by atoms with Gasteiger partial charge in [-0.2, -0.15) is 5.10 Å². The number of rotatable bonds is 7. The highest BCUT2D eigenvalue weighted by Gasteiger charge is 2.35. The summed E-state index contributed by atoms with van der Waals surface area (Å²) in [6.45, 7) is 4.76. The number of anilines is 1. The Bertz CT molecular complexity index is 1220. The molecule has 1 saturated heterocycles. The van der Waals surface area contributed by atoms with Gasteiger partial charge in [0.25, 0.3) is 0 Å². The molecule has 6 nitrogen and oxygen atoms in total. The quantitative estimate of drug-likeness (QED) is 0.384. The molecular formula is C27H26ClN3O3. The number of halogens is 1. The van der Waals surface area contributed by atoms with Crippen molar-refractivity contribution in [3.8, 4) is 5.75 Å². The van der Waals surface area contributed by atoms with Gasteiger partial charge in [-0.15, -0.1) is 0 Å². The number of amides is 2. The van der Waals surface area contributed by atoms with Gasteiger partial charge in [0.15, 0.2) is 0 Å². The van der Waals surface area contributed by atoms with Gasteiger partial charge in [0.05, 0.1) is 12.1 Å². The molecule has 1 aliphatic heterocycles. The Kier molecular flexibility index (Phi) is 7.28. The maximum absolute atomic E-state index is 12.5. The first-order valence-corrected chi connectivity index (χ1v) is 11.5. The number of hydrogen-bond acceptors (Lipinski definition) is 4. The Morgan fingerprint density at radius 3 is 2.62 bits per heavy atom. The predicted octanol–water partition coefficient (Wildman–Crippen LogP) is 5.04.